The molecule has 0 saturated heterocycles. The van der Waals surface area contributed by atoms with E-state index in [-0.39, 0.29) is 16.6 Å². The number of nitrogens with one attached hydrogen (secondary N) is 3. The van der Waals surface area contributed by atoms with Crippen molar-refractivity contribution in [3.63, 3.8) is 0 Å². The van der Waals surface area contributed by atoms with Crippen LogP contribution in [0.25, 0.3) is 22.1 Å². The molecule has 0 aliphatic carbocycles. The SMILES string of the molecule is CCC(=O)Nc1cccc2oc(C(=O)Nc3ccc(-c4ccc(S(=O)(=O)N[C@H](C(=O)O)C(C)C)cc4)cc3)c(C)c12. The number of aliphatic carboxylic acids is 1. The van der Waals surface area contributed by atoms with Gasteiger partial charge in [0.25, 0.3) is 5.91 Å². The summed E-state index contributed by atoms with van der Waals surface area (Å²) in [7, 11) is -4.03. The van der Waals surface area contributed by atoms with Crippen molar-refractivity contribution < 1.29 is 32.3 Å². The first-order valence-corrected chi connectivity index (χ1v) is 14.5. The third-order valence-corrected chi connectivity index (χ3v) is 8.07. The third kappa shape index (κ3) is 6.47. The maximum atomic E-state index is 13.0. The highest BCUT2D eigenvalue weighted by Crippen LogP contribution is 2.32. The Morgan fingerprint density at radius 1 is 0.902 bits per heavy atom. The summed E-state index contributed by atoms with van der Waals surface area (Å²) in [4.78, 5) is 36.3. The van der Waals surface area contributed by atoms with Gasteiger partial charge in [0.15, 0.2) is 5.76 Å². The van der Waals surface area contributed by atoms with Crippen LogP contribution in [0.4, 0.5) is 11.4 Å². The summed E-state index contributed by atoms with van der Waals surface area (Å²) in [6, 6.07) is 17.0. The lowest BCUT2D eigenvalue weighted by Crippen LogP contribution is -2.44. The summed E-state index contributed by atoms with van der Waals surface area (Å²) in [5.74, 6) is -2.12. The molecular weight excluding hydrogens is 546 g/mol. The number of fused-ring (bicyclic) bond motifs is 1. The maximum Gasteiger partial charge on any atom is 0.322 e. The Bertz CT molecular complexity index is 1710. The highest BCUT2D eigenvalue weighted by molar-refractivity contribution is 7.89. The van der Waals surface area contributed by atoms with Gasteiger partial charge in [-0.3, -0.25) is 14.4 Å². The molecule has 4 N–H and O–H groups in total. The van der Waals surface area contributed by atoms with Gasteiger partial charge in [-0.05, 0) is 60.4 Å². The molecule has 11 heteroatoms. The largest absolute Gasteiger partial charge is 0.480 e. The first-order chi connectivity index (χ1) is 19.4. The second kappa shape index (κ2) is 11.9. The number of carboxylic acid groups (broad SMARTS) is 1. The number of anilines is 2. The average molecular weight is 578 g/mol. The molecule has 0 unspecified atom stereocenters. The van der Waals surface area contributed by atoms with Crippen LogP contribution in [0, 0.1) is 12.8 Å². The number of sulfonamides is 1. The average Bonchev–Trinajstić information content (AvgIpc) is 3.29. The monoisotopic (exact) mass is 577 g/mol. The van der Waals surface area contributed by atoms with Gasteiger partial charge in [0.05, 0.1) is 10.6 Å². The molecule has 10 nitrogen and oxygen atoms in total. The molecule has 0 aliphatic rings. The number of amides is 2. The molecule has 41 heavy (non-hydrogen) atoms. The molecular formula is C30H31N3O7S. The number of hydrogen-bond donors (Lipinski definition) is 4. The van der Waals surface area contributed by atoms with Crippen molar-refractivity contribution in [3.8, 4) is 11.1 Å². The predicted molar refractivity (Wildman–Crippen MR) is 156 cm³/mol. The van der Waals surface area contributed by atoms with Crippen molar-refractivity contribution in [2.75, 3.05) is 10.6 Å². The summed E-state index contributed by atoms with van der Waals surface area (Å²) < 4.78 is 33.4. The number of furan rings is 1. The molecule has 214 valence electrons. The molecule has 0 fully saturated rings. The van der Waals surface area contributed by atoms with Crippen LogP contribution in [0.3, 0.4) is 0 Å². The standard InChI is InChI=1S/C30H31N3O7S/c1-5-25(34)32-23-7-6-8-24-26(23)18(4)28(40-24)29(35)31-21-13-9-19(10-14-21)20-11-15-22(16-12-20)41(38,39)33-27(17(2)3)30(36)37/h6-17,27,33H,5H2,1-4H3,(H,31,35)(H,32,34)(H,36,37)/t27-/m0/s1. The van der Waals surface area contributed by atoms with E-state index in [1.54, 1.807) is 82.3 Å². The first-order valence-electron chi connectivity index (χ1n) is 13.0. The second-order valence-electron chi connectivity index (χ2n) is 9.87. The van der Waals surface area contributed by atoms with Crippen LogP contribution >= 0.6 is 0 Å². The van der Waals surface area contributed by atoms with E-state index in [2.05, 4.69) is 15.4 Å². The number of carboxylic acids is 1. The van der Waals surface area contributed by atoms with E-state index in [1.165, 1.54) is 12.1 Å². The Labute approximate surface area is 237 Å². The molecule has 0 spiro atoms. The minimum atomic E-state index is -4.03. The van der Waals surface area contributed by atoms with E-state index in [0.717, 1.165) is 11.1 Å². The highest BCUT2D eigenvalue weighted by atomic mass is 32.2. The van der Waals surface area contributed by atoms with Gasteiger partial charge >= 0.3 is 5.97 Å². The lowest BCUT2D eigenvalue weighted by atomic mass is 10.1. The van der Waals surface area contributed by atoms with Gasteiger partial charge in [0, 0.05) is 23.1 Å². The topological polar surface area (TPSA) is 155 Å². The molecule has 4 rings (SSSR count). The van der Waals surface area contributed by atoms with Crippen molar-refractivity contribution in [3.05, 3.63) is 78.1 Å². The zero-order valence-electron chi connectivity index (χ0n) is 23.0. The molecule has 1 aromatic heterocycles. The lowest BCUT2D eigenvalue weighted by Gasteiger charge is -2.18. The lowest BCUT2D eigenvalue weighted by molar-refractivity contribution is -0.140. The second-order valence-corrected chi connectivity index (χ2v) is 11.6. The number of aryl methyl sites for hydroxylation is 1. The van der Waals surface area contributed by atoms with E-state index in [1.807, 2.05) is 0 Å². The summed E-state index contributed by atoms with van der Waals surface area (Å²) in [6.45, 7) is 6.76. The minimum absolute atomic E-state index is 0.0457. The van der Waals surface area contributed by atoms with E-state index in [4.69, 9.17) is 4.42 Å². The van der Waals surface area contributed by atoms with Crippen LogP contribution in [0.15, 0.2) is 76.0 Å². The van der Waals surface area contributed by atoms with Crippen molar-refractivity contribution in [2.24, 2.45) is 5.92 Å². The van der Waals surface area contributed by atoms with Gasteiger partial charge in [-0.1, -0.05) is 51.1 Å². The molecule has 0 saturated carbocycles. The quantitative estimate of drug-likeness (QED) is 0.197. The van der Waals surface area contributed by atoms with Crippen molar-refractivity contribution in [1.82, 2.24) is 4.72 Å². The Hall–Kier alpha value is -4.48. The Kier molecular flexibility index (Phi) is 8.60. The summed E-state index contributed by atoms with van der Waals surface area (Å²) in [6.07, 6.45) is 0.322. The summed E-state index contributed by atoms with van der Waals surface area (Å²) in [5, 5.41) is 15.6. The first kappa shape index (κ1) is 29.5. The van der Waals surface area contributed by atoms with Gasteiger partial charge < -0.3 is 20.2 Å². The summed E-state index contributed by atoms with van der Waals surface area (Å²) in [5.41, 5.74) is 3.70. The van der Waals surface area contributed by atoms with E-state index in [9.17, 15) is 27.9 Å². The van der Waals surface area contributed by atoms with Crippen LogP contribution in [0.1, 0.15) is 43.3 Å². The maximum absolute atomic E-state index is 13.0. The molecule has 3 aromatic carbocycles. The number of benzene rings is 3. The smallest absolute Gasteiger partial charge is 0.322 e. The molecule has 1 atom stereocenters. The predicted octanol–water partition coefficient (Wildman–Crippen LogP) is 5.40. The zero-order valence-corrected chi connectivity index (χ0v) is 23.8. The van der Waals surface area contributed by atoms with Gasteiger partial charge in [0.2, 0.25) is 15.9 Å². The van der Waals surface area contributed by atoms with Crippen LogP contribution < -0.4 is 15.4 Å². The Morgan fingerprint density at radius 2 is 1.51 bits per heavy atom. The molecule has 0 bridgehead atoms. The Balaban J connectivity index is 1.49. The van der Waals surface area contributed by atoms with Crippen LogP contribution in [-0.2, 0) is 19.6 Å². The van der Waals surface area contributed by atoms with E-state index >= 15 is 0 Å². The fourth-order valence-electron chi connectivity index (χ4n) is 4.33. The van der Waals surface area contributed by atoms with Crippen LogP contribution in [0.5, 0.6) is 0 Å². The van der Waals surface area contributed by atoms with Crippen LogP contribution in [0.2, 0.25) is 0 Å². The molecule has 0 aliphatic heterocycles. The normalized spacial score (nSPS) is 12.3. The minimum Gasteiger partial charge on any atom is -0.480 e. The van der Waals surface area contributed by atoms with Crippen LogP contribution in [-0.4, -0.2) is 37.3 Å². The molecule has 4 aromatic rings. The number of carbonyl (C=O) groups excluding carboxylic acids is 2. The molecule has 0 radical (unpaired) electrons. The number of hydrogen-bond acceptors (Lipinski definition) is 6. The fourth-order valence-corrected chi connectivity index (χ4v) is 5.67. The van der Waals surface area contributed by atoms with Crippen molar-refractivity contribution in [1.29, 1.82) is 0 Å². The number of carbonyl (C=O) groups is 3. The van der Waals surface area contributed by atoms with Gasteiger partial charge in [-0.15, -0.1) is 0 Å². The van der Waals surface area contributed by atoms with Crippen molar-refractivity contribution >= 4 is 50.2 Å². The molecule has 2 amide bonds. The molecule has 1 heterocycles. The van der Waals surface area contributed by atoms with E-state index in [0.29, 0.717) is 34.3 Å². The number of rotatable bonds is 10. The fraction of sp³-hybridized carbons (Fsp3) is 0.233. The highest BCUT2D eigenvalue weighted by Gasteiger charge is 2.28. The van der Waals surface area contributed by atoms with Gasteiger partial charge in [-0.2, -0.15) is 4.72 Å². The Morgan fingerprint density at radius 3 is 2.07 bits per heavy atom. The van der Waals surface area contributed by atoms with Gasteiger partial charge in [-0.25, -0.2) is 8.42 Å². The van der Waals surface area contributed by atoms with Crippen molar-refractivity contribution in [2.45, 2.75) is 45.1 Å². The summed E-state index contributed by atoms with van der Waals surface area (Å²) >= 11 is 0. The van der Waals surface area contributed by atoms with E-state index < -0.39 is 33.9 Å². The van der Waals surface area contributed by atoms with Gasteiger partial charge in [0.1, 0.15) is 11.6 Å². The zero-order chi connectivity index (χ0) is 29.9. The third-order valence-electron chi connectivity index (χ3n) is 6.61.